The van der Waals surface area contributed by atoms with Crippen molar-refractivity contribution in [3.63, 3.8) is 0 Å². The summed E-state index contributed by atoms with van der Waals surface area (Å²) < 4.78 is 5.41. The minimum atomic E-state index is -0.0791. The molecule has 0 spiro atoms. The van der Waals surface area contributed by atoms with E-state index in [-0.39, 0.29) is 11.5 Å². The monoisotopic (exact) mass is 189 g/mol. The van der Waals surface area contributed by atoms with Crippen LogP contribution < -0.4 is 5.73 Å². The van der Waals surface area contributed by atoms with Crippen molar-refractivity contribution < 1.29 is 4.74 Å². The summed E-state index contributed by atoms with van der Waals surface area (Å²) in [6.45, 7) is 8.85. The van der Waals surface area contributed by atoms with Crippen molar-refractivity contribution in [3.8, 4) is 0 Å². The Hall–Kier alpha value is -0.150. The molecule has 0 aliphatic rings. The zero-order valence-electron chi connectivity index (χ0n) is 8.39. The fourth-order valence-corrected chi connectivity index (χ4v) is 0.775. The Bertz CT molecular complexity index is 155. The van der Waals surface area contributed by atoms with Crippen LogP contribution in [0.5, 0.6) is 0 Å². The maximum Gasteiger partial charge on any atom is 0.0785 e. The molecule has 12 heavy (non-hydrogen) atoms. The first kappa shape index (κ1) is 11.8. The van der Waals surface area contributed by atoms with Gasteiger partial charge in [0, 0.05) is 12.0 Å². The first-order valence-corrected chi connectivity index (χ1v) is 4.68. The smallest absolute Gasteiger partial charge is 0.0785 e. The second kappa shape index (κ2) is 4.77. The summed E-state index contributed by atoms with van der Waals surface area (Å²) in [7, 11) is 0. The van der Waals surface area contributed by atoms with Crippen molar-refractivity contribution in [2.45, 2.75) is 40.2 Å². The molecule has 3 heteroatoms. The lowest BCUT2D eigenvalue weighted by molar-refractivity contribution is 0.0662. The number of nitrogens with two attached hydrogens (primary N) is 1. The fourth-order valence-electron chi connectivity index (χ4n) is 0.673. The molecule has 2 nitrogen and oxygen atoms in total. The van der Waals surface area contributed by atoms with Gasteiger partial charge >= 0.3 is 0 Å². The predicted molar refractivity (Wildman–Crippen MR) is 56.3 cm³/mol. The third kappa shape index (κ3) is 4.67. The van der Waals surface area contributed by atoms with E-state index in [1.807, 2.05) is 27.7 Å². The Balaban J connectivity index is 3.69. The largest absolute Gasteiger partial charge is 0.393 e. The molecule has 0 radical (unpaired) electrons. The van der Waals surface area contributed by atoms with Crippen LogP contribution in [-0.2, 0) is 4.74 Å². The van der Waals surface area contributed by atoms with E-state index in [9.17, 15) is 0 Å². The van der Waals surface area contributed by atoms with Gasteiger partial charge in [-0.15, -0.1) is 0 Å². The molecule has 0 bridgehead atoms. The average Bonchev–Trinajstić information content (AvgIpc) is 1.85. The van der Waals surface area contributed by atoms with Crippen molar-refractivity contribution in [3.05, 3.63) is 0 Å². The van der Waals surface area contributed by atoms with Gasteiger partial charge in [0.1, 0.15) is 0 Å². The molecular weight excluding hydrogens is 170 g/mol. The molecule has 0 atom stereocenters. The van der Waals surface area contributed by atoms with E-state index in [1.54, 1.807) is 0 Å². The Morgan fingerprint density at radius 3 is 2.33 bits per heavy atom. The SMILES string of the molecule is CC(C)OCCC(C)(C)C(N)=S. The minimum Gasteiger partial charge on any atom is -0.393 e. The fraction of sp³-hybridized carbons (Fsp3) is 0.889. The van der Waals surface area contributed by atoms with Crippen molar-refractivity contribution >= 4 is 17.2 Å². The lowest BCUT2D eigenvalue weighted by Gasteiger charge is -2.23. The topological polar surface area (TPSA) is 35.2 Å². The van der Waals surface area contributed by atoms with Crippen LogP contribution in [0, 0.1) is 5.41 Å². The van der Waals surface area contributed by atoms with E-state index in [0.717, 1.165) is 13.0 Å². The minimum absolute atomic E-state index is 0.0791. The quantitative estimate of drug-likeness (QED) is 0.673. The van der Waals surface area contributed by atoms with Gasteiger partial charge in [0.2, 0.25) is 0 Å². The number of rotatable bonds is 5. The summed E-state index contributed by atoms with van der Waals surface area (Å²) in [6.07, 6.45) is 1.17. The molecule has 0 aromatic heterocycles. The number of hydrogen-bond donors (Lipinski definition) is 1. The molecule has 0 heterocycles. The first-order valence-electron chi connectivity index (χ1n) is 4.28. The zero-order valence-corrected chi connectivity index (χ0v) is 9.20. The van der Waals surface area contributed by atoms with E-state index in [0.29, 0.717) is 4.99 Å². The van der Waals surface area contributed by atoms with Gasteiger partial charge in [0.25, 0.3) is 0 Å². The van der Waals surface area contributed by atoms with E-state index in [1.165, 1.54) is 0 Å². The van der Waals surface area contributed by atoms with Gasteiger partial charge in [-0.25, -0.2) is 0 Å². The first-order chi connectivity index (χ1) is 5.36. The molecule has 0 saturated heterocycles. The van der Waals surface area contributed by atoms with Crippen molar-refractivity contribution in [1.82, 2.24) is 0 Å². The maximum atomic E-state index is 5.56. The number of ether oxygens (including phenoxy) is 1. The highest BCUT2D eigenvalue weighted by atomic mass is 32.1. The Morgan fingerprint density at radius 1 is 1.50 bits per heavy atom. The van der Waals surface area contributed by atoms with Crippen LogP contribution in [0.3, 0.4) is 0 Å². The summed E-state index contributed by atoms with van der Waals surface area (Å²) in [6, 6.07) is 0. The molecule has 0 unspecified atom stereocenters. The second-order valence-electron chi connectivity index (χ2n) is 3.92. The summed E-state index contributed by atoms with van der Waals surface area (Å²) >= 11 is 4.93. The highest BCUT2D eigenvalue weighted by Crippen LogP contribution is 2.20. The van der Waals surface area contributed by atoms with Gasteiger partial charge in [-0.1, -0.05) is 26.1 Å². The second-order valence-corrected chi connectivity index (χ2v) is 4.36. The Kier molecular flexibility index (Phi) is 4.71. The van der Waals surface area contributed by atoms with Gasteiger partial charge in [-0.3, -0.25) is 0 Å². The lowest BCUT2D eigenvalue weighted by atomic mass is 9.90. The van der Waals surface area contributed by atoms with Gasteiger partial charge < -0.3 is 10.5 Å². The van der Waals surface area contributed by atoms with Crippen LogP contribution >= 0.6 is 12.2 Å². The zero-order chi connectivity index (χ0) is 9.78. The van der Waals surface area contributed by atoms with E-state index in [4.69, 9.17) is 22.7 Å². The van der Waals surface area contributed by atoms with Crippen LogP contribution in [0.4, 0.5) is 0 Å². The normalized spacial score (nSPS) is 12.1. The Labute approximate surface area is 80.5 Å². The average molecular weight is 189 g/mol. The van der Waals surface area contributed by atoms with E-state index in [2.05, 4.69) is 0 Å². The molecule has 2 N–H and O–H groups in total. The number of hydrogen-bond acceptors (Lipinski definition) is 2. The summed E-state index contributed by atoms with van der Waals surface area (Å²) in [5.74, 6) is 0. The standard InChI is InChI=1S/C9H19NOS/c1-7(2)11-6-5-9(3,4)8(10)12/h7H,5-6H2,1-4H3,(H2,10,12). The third-order valence-corrected chi connectivity index (χ3v) is 2.40. The molecule has 0 fully saturated rings. The summed E-state index contributed by atoms with van der Waals surface area (Å²) in [5, 5.41) is 0. The molecular formula is C9H19NOS. The molecule has 0 aromatic carbocycles. The van der Waals surface area contributed by atoms with Crippen LogP contribution in [0.15, 0.2) is 0 Å². The molecule has 0 rings (SSSR count). The van der Waals surface area contributed by atoms with Crippen molar-refractivity contribution in [2.75, 3.05) is 6.61 Å². The Morgan fingerprint density at radius 2 is 2.00 bits per heavy atom. The summed E-state index contributed by atoms with van der Waals surface area (Å²) in [4.78, 5) is 0.565. The molecule has 0 aliphatic carbocycles. The van der Waals surface area contributed by atoms with Crippen LogP contribution in [0.1, 0.15) is 34.1 Å². The van der Waals surface area contributed by atoms with Gasteiger partial charge in [0.05, 0.1) is 11.1 Å². The predicted octanol–water partition coefficient (Wildman–Crippen LogP) is 2.11. The highest BCUT2D eigenvalue weighted by Gasteiger charge is 2.20. The van der Waals surface area contributed by atoms with Crippen molar-refractivity contribution in [2.24, 2.45) is 11.1 Å². The molecule has 0 saturated carbocycles. The van der Waals surface area contributed by atoms with E-state index < -0.39 is 0 Å². The van der Waals surface area contributed by atoms with Gasteiger partial charge in [-0.05, 0) is 20.3 Å². The van der Waals surface area contributed by atoms with Crippen LogP contribution in [0.25, 0.3) is 0 Å². The van der Waals surface area contributed by atoms with Crippen LogP contribution in [0.2, 0.25) is 0 Å². The van der Waals surface area contributed by atoms with Gasteiger partial charge in [-0.2, -0.15) is 0 Å². The third-order valence-electron chi connectivity index (χ3n) is 1.85. The van der Waals surface area contributed by atoms with Gasteiger partial charge in [0.15, 0.2) is 0 Å². The van der Waals surface area contributed by atoms with E-state index >= 15 is 0 Å². The van der Waals surface area contributed by atoms with Crippen LogP contribution in [-0.4, -0.2) is 17.7 Å². The molecule has 0 aliphatic heterocycles. The molecule has 0 aromatic rings. The molecule has 0 amide bonds. The maximum absolute atomic E-state index is 5.56. The highest BCUT2D eigenvalue weighted by molar-refractivity contribution is 7.80. The molecule has 72 valence electrons. The number of thiocarbonyl (C=S) groups is 1. The lowest BCUT2D eigenvalue weighted by Crippen LogP contribution is -2.31. The summed E-state index contributed by atoms with van der Waals surface area (Å²) in [5.41, 5.74) is 5.48. The van der Waals surface area contributed by atoms with Crippen molar-refractivity contribution in [1.29, 1.82) is 0 Å².